The van der Waals surface area contributed by atoms with Gasteiger partial charge in [0.1, 0.15) is 11.9 Å². The largest absolute Gasteiger partial charge is 0.504 e. The van der Waals surface area contributed by atoms with Gasteiger partial charge in [-0.2, -0.15) is 0 Å². The number of carbonyl (C=O) groups excluding carboxylic acids is 1. The van der Waals surface area contributed by atoms with Crippen molar-refractivity contribution in [3.63, 3.8) is 0 Å². The van der Waals surface area contributed by atoms with E-state index in [4.69, 9.17) is 9.47 Å². The Morgan fingerprint density at radius 1 is 1.25 bits per heavy atom. The topological polar surface area (TPSA) is 76.0 Å². The van der Waals surface area contributed by atoms with E-state index in [1.54, 1.807) is 6.07 Å². The first-order valence-corrected chi connectivity index (χ1v) is 7.96. The maximum Gasteiger partial charge on any atom is 0.161 e. The third kappa shape index (κ3) is 3.21. The molecule has 126 valence electrons. The van der Waals surface area contributed by atoms with Gasteiger partial charge in [0, 0.05) is 18.6 Å². The minimum absolute atomic E-state index is 0.140. The fourth-order valence-electron chi connectivity index (χ4n) is 2.98. The summed E-state index contributed by atoms with van der Waals surface area (Å²) in [5.41, 5.74) is 2.79. The monoisotopic (exact) mass is 328 g/mol. The Bertz CT molecular complexity index is 723. The van der Waals surface area contributed by atoms with Crippen molar-refractivity contribution in [3.05, 3.63) is 53.1 Å². The normalized spacial score (nSPS) is 17.6. The van der Waals surface area contributed by atoms with E-state index >= 15 is 0 Å². The van der Waals surface area contributed by atoms with Crippen LogP contribution in [0.3, 0.4) is 0 Å². The lowest BCUT2D eigenvalue weighted by atomic mass is 9.89. The fourth-order valence-corrected chi connectivity index (χ4v) is 2.98. The molecule has 2 atom stereocenters. The predicted octanol–water partition coefficient (Wildman–Crippen LogP) is 3.09. The van der Waals surface area contributed by atoms with Crippen LogP contribution in [0.15, 0.2) is 36.4 Å². The summed E-state index contributed by atoms with van der Waals surface area (Å²) in [6.07, 6.45) is 0.978. The SMILES string of the molecule is CCOC(C=O)c1ccc(C2COc3cc(O)c(O)cc3C2)cc1. The summed E-state index contributed by atoms with van der Waals surface area (Å²) >= 11 is 0. The lowest BCUT2D eigenvalue weighted by molar-refractivity contribution is -0.118. The zero-order valence-electron chi connectivity index (χ0n) is 13.4. The van der Waals surface area contributed by atoms with Crippen LogP contribution in [-0.4, -0.2) is 29.7 Å². The number of fused-ring (bicyclic) bond motifs is 1. The molecule has 2 aromatic carbocycles. The number of hydrogen-bond donors (Lipinski definition) is 2. The number of phenolic OH excluding ortho intramolecular Hbond substituents is 2. The second kappa shape index (κ2) is 6.93. The summed E-state index contributed by atoms with van der Waals surface area (Å²) in [5.74, 6) is 0.444. The lowest BCUT2D eigenvalue weighted by Gasteiger charge is -2.26. The molecule has 0 saturated heterocycles. The molecule has 0 aliphatic carbocycles. The minimum Gasteiger partial charge on any atom is -0.504 e. The molecule has 3 rings (SSSR count). The van der Waals surface area contributed by atoms with E-state index < -0.39 is 6.10 Å². The average molecular weight is 328 g/mol. The van der Waals surface area contributed by atoms with Crippen molar-refractivity contribution in [1.29, 1.82) is 0 Å². The average Bonchev–Trinajstić information content (AvgIpc) is 2.60. The zero-order valence-corrected chi connectivity index (χ0v) is 13.4. The summed E-state index contributed by atoms with van der Waals surface area (Å²) in [6, 6.07) is 10.7. The molecule has 2 N–H and O–H groups in total. The van der Waals surface area contributed by atoms with E-state index in [0.717, 1.165) is 23.0 Å². The first-order valence-electron chi connectivity index (χ1n) is 7.96. The van der Waals surface area contributed by atoms with Crippen molar-refractivity contribution in [3.8, 4) is 17.2 Å². The Hall–Kier alpha value is -2.53. The van der Waals surface area contributed by atoms with Crippen molar-refractivity contribution in [2.24, 2.45) is 0 Å². The van der Waals surface area contributed by atoms with Gasteiger partial charge in [-0.15, -0.1) is 0 Å². The molecule has 0 radical (unpaired) electrons. The Labute approximate surface area is 140 Å². The van der Waals surface area contributed by atoms with Gasteiger partial charge >= 0.3 is 0 Å². The molecule has 1 heterocycles. The fraction of sp³-hybridized carbons (Fsp3) is 0.316. The molecule has 2 aromatic rings. The molecule has 1 aliphatic heterocycles. The highest BCUT2D eigenvalue weighted by molar-refractivity contribution is 5.60. The van der Waals surface area contributed by atoms with Crippen LogP contribution in [0.5, 0.6) is 17.2 Å². The van der Waals surface area contributed by atoms with E-state index in [-0.39, 0.29) is 17.4 Å². The number of aromatic hydroxyl groups is 2. The molecule has 1 aliphatic rings. The highest BCUT2D eigenvalue weighted by atomic mass is 16.5. The van der Waals surface area contributed by atoms with Crippen LogP contribution >= 0.6 is 0 Å². The first-order chi connectivity index (χ1) is 11.6. The Balaban J connectivity index is 1.78. The van der Waals surface area contributed by atoms with E-state index in [1.807, 2.05) is 31.2 Å². The van der Waals surface area contributed by atoms with Gasteiger partial charge in [-0.1, -0.05) is 24.3 Å². The molecule has 5 nitrogen and oxygen atoms in total. The molecule has 24 heavy (non-hydrogen) atoms. The summed E-state index contributed by atoms with van der Waals surface area (Å²) in [4.78, 5) is 11.1. The van der Waals surface area contributed by atoms with Crippen LogP contribution in [-0.2, 0) is 16.0 Å². The minimum atomic E-state index is -0.535. The third-order valence-electron chi connectivity index (χ3n) is 4.27. The van der Waals surface area contributed by atoms with Gasteiger partial charge < -0.3 is 24.5 Å². The molecule has 0 bridgehead atoms. The lowest BCUT2D eigenvalue weighted by Crippen LogP contribution is -2.19. The van der Waals surface area contributed by atoms with Crippen LogP contribution in [0.2, 0.25) is 0 Å². The van der Waals surface area contributed by atoms with Gasteiger partial charge in [-0.05, 0) is 36.1 Å². The molecule has 0 fully saturated rings. The van der Waals surface area contributed by atoms with Crippen molar-refractivity contribution in [2.75, 3.05) is 13.2 Å². The molecule has 2 unspecified atom stereocenters. The second-order valence-corrected chi connectivity index (χ2v) is 5.84. The molecule has 0 spiro atoms. The summed E-state index contributed by atoms with van der Waals surface area (Å²) in [6.45, 7) is 2.84. The maximum atomic E-state index is 11.1. The molecular formula is C19H20O5. The van der Waals surface area contributed by atoms with Crippen LogP contribution in [0.25, 0.3) is 0 Å². The first kappa shape index (κ1) is 16.3. The van der Waals surface area contributed by atoms with Gasteiger partial charge in [-0.25, -0.2) is 0 Å². The summed E-state index contributed by atoms with van der Waals surface area (Å²) < 4.78 is 11.1. The standard InChI is InChI=1S/C19H20O5/c1-2-23-19(10-20)13-5-3-12(4-6-13)15-7-14-8-16(21)17(22)9-18(14)24-11-15/h3-6,8-10,15,19,21-22H,2,7,11H2,1H3. The quantitative estimate of drug-likeness (QED) is 0.651. The van der Waals surface area contributed by atoms with Gasteiger partial charge in [0.25, 0.3) is 0 Å². The van der Waals surface area contributed by atoms with Crippen LogP contribution in [0.4, 0.5) is 0 Å². The molecule has 0 amide bonds. The highest BCUT2D eigenvalue weighted by Gasteiger charge is 2.23. The van der Waals surface area contributed by atoms with Crippen molar-refractivity contribution < 1.29 is 24.5 Å². The van der Waals surface area contributed by atoms with Crippen molar-refractivity contribution in [2.45, 2.75) is 25.4 Å². The zero-order chi connectivity index (χ0) is 17.1. The highest BCUT2D eigenvalue weighted by Crippen LogP contribution is 2.39. The van der Waals surface area contributed by atoms with E-state index in [0.29, 0.717) is 25.4 Å². The molecule has 0 saturated carbocycles. The van der Waals surface area contributed by atoms with Gasteiger partial charge in [0.2, 0.25) is 0 Å². The summed E-state index contributed by atoms with van der Waals surface area (Å²) in [7, 11) is 0. The molecular weight excluding hydrogens is 308 g/mol. The number of hydrogen-bond acceptors (Lipinski definition) is 5. The number of ether oxygens (including phenoxy) is 2. The number of aldehydes is 1. The third-order valence-corrected chi connectivity index (χ3v) is 4.27. The Kier molecular flexibility index (Phi) is 4.71. The Morgan fingerprint density at radius 2 is 1.96 bits per heavy atom. The van der Waals surface area contributed by atoms with Crippen LogP contribution < -0.4 is 4.74 Å². The van der Waals surface area contributed by atoms with Crippen LogP contribution in [0, 0.1) is 0 Å². The van der Waals surface area contributed by atoms with E-state index in [2.05, 4.69) is 0 Å². The van der Waals surface area contributed by atoms with E-state index in [1.165, 1.54) is 6.07 Å². The smallest absolute Gasteiger partial charge is 0.161 e. The van der Waals surface area contributed by atoms with Crippen LogP contribution in [0.1, 0.15) is 35.6 Å². The Morgan fingerprint density at radius 3 is 2.62 bits per heavy atom. The second-order valence-electron chi connectivity index (χ2n) is 5.84. The molecule has 0 aromatic heterocycles. The van der Waals surface area contributed by atoms with E-state index in [9.17, 15) is 15.0 Å². The number of benzene rings is 2. The number of carbonyl (C=O) groups is 1. The van der Waals surface area contributed by atoms with Gasteiger partial charge in [0.15, 0.2) is 17.8 Å². The van der Waals surface area contributed by atoms with Gasteiger partial charge in [0.05, 0.1) is 6.61 Å². The summed E-state index contributed by atoms with van der Waals surface area (Å²) in [5, 5.41) is 19.2. The van der Waals surface area contributed by atoms with Gasteiger partial charge in [-0.3, -0.25) is 0 Å². The number of rotatable bonds is 5. The molecule has 5 heteroatoms. The van der Waals surface area contributed by atoms with Crippen molar-refractivity contribution in [1.82, 2.24) is 0 Å². The number of phenols is 2. The maximum absolute atomic E-state index is 11.1. The predicted molar refractivity (Wildman–Crippen MR) is 88.6 cm³/mol. The van der Waals surface area contributed by atoms with Crippen molar-refractivity contribution >= 4 is 6.29 Å².